The maximum atomic E-state index is 13.0. The van der Waals surface area contributed by atoms with Gasteiger partial charge in [-0.05, 0) is 54.2 Å². The number of nitrogens with one attached hydrogen (secondary N) is 1. The van der Waals surface area contributed by atoms with Crippen LogP contribution in [0.4, 0.5) is 13.2 Å². The topological polar surface area (TPSA) is 12.0 Å². The fraction of sp³-hybridized carbons (Fsp3) is 0.273. The Kier molecular flexibility index (Phi) is 3.94. The third kappa shape index (κ3) is 4.44. The van der Waals surface area contributed by atoms with Crippen molar-refractivity contribution >= 4 is 10.8 Å². The number of fused-ring (bicyclic) bond motifs is 1. The molecular formula is C22H22F3N. The maximum Gasteiger partial charge on any atom is 0.416 e. The first-order chi connectivity index (χ1) is 14.2. The zero-order valence-electron chi connectivity index (χ0n) is 19.2. The molecule has 0 saturated heterocycles. The van der Waals surface area contributed by atoms with Gasteiger partial charge in [-0.3, -0.25) is 0 Å². The summed E-state index contributed by atoms with van der Waals surface area (Å²) >= 11 is 0. The Balaban J connectivity index is 1.89. The van der Waals surface area contributed by atoms with Crippen molar-refractivity contribution in [1.82, 2.24) is 5.32 Å². The Bertz CT molecular complexity index is 1070. The van der Waals surface area contributed by atoms with E-state index in [9.17, 15) is 13.2 Å². The summed E-state index contributed by atoms with van der Waals surface area (Å²) in [6.45, 7) is -1.29. The number of aryl methyl sites for hydroxylation is 1. The molecule has 0 spiro atoms. The van der Waals surface area contributed by atoms with Gasteiger partial charge < -0.3 is 5.32 Å². The van der Waals surface area contributed by atoms with Crippen molar-refractivity contribution in [2.24, 2.45) is 0 Å². The molecule has 3 aromatic rings. The second-order valence-corrected chi connectivity index (χ2v) is 5.95. The van der Waals surface area contributed by atoms with Gasteiger partial charge >= 0.3 is 6.18 Å². The minimum atomic E-state index is -4.58. The number of hydrogen-bond acceptors (Lipinski definition) is 1. The molecule has 0 amide bonds. The van der Waals surface area contributed by atoms with Crippen LogP contribution in [0.2, 0.25) is 0 Å². The summed E-state index contributed by atoms with van der Waals surface area (Å²) in [5, 5.41) is 4.03. The summed E-state index contributed by atoms with van der Waals surface area (Å²) in [4.78, 5) is 0. The molecule has 1 atom stereocenters. The quantitative estimate of drug-likeness (QED) is 0.555. The average molecular weight is 362 g/mol. The molecule has 1 nitrogen and oxygen atoms in total. The second-order valence-electron chi connectivity index (χ2n) is 5.95. The summed E-state index contributed by atoms with van der Waals surface area (Å²) in [6, 6.07) is 15.0. The van der Waals surface area contributed by atoms with Crippen LogP contribution in [-0.4, -0.2) is 6.50 Å². The van der Waals surface area contributed by atoms with Gasteiger partial charge in [0.25, 0.3) is 0 Å². The largest absolute Gasteiger partial charge is 0.416 e. The van der Waals surface area contributed by atoms with E-state index < -0.39 is 37.0 Å². The molecule has 0 unspecified atom stereocenters. The van der Waals surface area contributed by atoms with E-state index in [0.29, 0.717) is 5.56 Å². The lowest BCUT2D eigenvalue weighted by atomic mass is 9.99. The van der Waals surface area contributed by atoms with Crippen molar-refractivity contribution in [1.29, 1.82) is 0 Å². The third-order valence-corrected chi connectivity index (χ3v) is 4.08. The van der Waals surface area contributed by atoms with Crippen LogP contribution in [0.5, 0.6) is 0 Å². The normalized spacial score (nSPS) is 18.2. The van der Waals surface area contributed by atoms with Crippen molar-refractivity contribution in [3.63, 3.8) is 0 Å². The van der Waals surface area contributed by atoms with Gasteiger partial charge in [-0.1, -0.05) is 60.7 Å². The lowest BCUT2D eigenvalue weighted by Gasteiger charge is -2.17. The molecule has 4 heteroatoms. The van der Waals surface area contributed by atoms with Crippen LogP contribution < -0.4 is 5.32 Å². The first-order valence-corrected chi connectivity index (χ1v) is 8.17. The Hall–Kier alpha value is -2.33. The van der Waals surface area contributed by atoms with Crippen LogP contribution in [0.3, 0.4) is 0 Å². The standard InChI is InChI=1S/C22H22F3N/c1-16(20-13-5-10-18-9-2-3-12-21(18)20)26-14-6-8-17-7-4-11-19(15-17)22(23,24)25/h2-5,7,9-13,15-16,26H,6,8,14H2,1H3/t16-/m1/s1/i6D2,14D2,16D. The van der Waals surface area contributed by atoms with E-state index in [4.69, 9.17) is 6.85 Å². The van der Waals surface area contributed by atoms with E-state index in [1.165, 1.54) is 19.1 Å². The molecule has 0 saturated carbocycles. The number of hydrogen-bond donors (Lipinski definition) is 1. The smallest absolute Gasteiger partial charge is 0.310 e. The monoisotopic (exact) mass is 362 g/mol. The first-order valence-electron chi connectivity index (χ1n) is 10.7. The molecule has 0 aliphatic rings. The van der Waals surface area contributed by atoms with Crippen LogP contribution in [0.15, 0.2) is 66.7 Å². The number of alkyl halides is 3. The highest BCUT2D eigenvalue weighted by atomic mass is 19.4. The van der Waals surface area contributed by atoms with E-state index in [-0.39, 0.29) is 5.56 Å². The summed E-state index contributed by atoms with van der Waals surface area (Å²) in [7, 11) is 0. The second kappa shape index (κ2) is 7.92. The summed E-state index contributed by atoms with van der Waals surface area (Å²) in [5.74, 6) is 0. The zero-order chi connectivity index (χ0) is 23.1. The van der Waals surface area contributed by atoms with Crippen molar-refractivity contribution in [3.8, 4) is 0 Å². The minimum Gasteiger partial charge on any atom is -0.310 e. The first kappa shape index (κ1) is 12.9. The molecule has 26 heavy (non-hydrogen) atoms. The fourth-order valence-electron chi connectivity index (χ4n) is 2.76. The van der Waals surface area contributed by atoms with Gasteiger partial charge in [-0.25, -0.2) is 0 Å². The molecular weight excluding hydrogens is 335 g/mol. The molecule has 0 radical (unpaired) electrons. The van der Waals surface area contributed by atoms with E-state index in [1.807, 2.05) is 18.2 Å². The number of rotatable bonds is 6. The Morgan fingerprint density at radius 2 is 1.77 bits per heavy atom. The SMILES string of the molecule is [2H]C([2H])(Cc1cccc(C(F)(F)F)c1)C([2H])([2H])N[C@]([2H])(C)c1cccc2ccccc12. The molecule has 0 aliphatic carbocycles. The minimum absolute atomic E-state index is 0.0161. The van der Waals surface area contributed by atoms with Gasteiger partial charge in [0.05, 0.1) is 6.93 Å². The van der Waals surface area contributed by atoms with Gasteiger partial charge in [-0.2, -0.15) is 13.2 Å². The van der Waals surface area contributed by atoms with Gasteiger partial charge in [0.1, 0.15) is 0 Å². The molecule has 0 heterocycles. The third-order valence-electron chi connectivity index (χ3n) is 4.08. The van der Waals surface area contributed by atoms with Gasteiger partial charge in [0.15, 0.2) is 0 Å². The zero-order valence-corrected chi connectivity index (χ0v) is 14.2. The van der Waals surface area contributed by atoms with Crippen LogP contribution in [0, 0.1) is 0 Å². The Labute approximate surface area is 158 Å². The molecule has 0 bridgehead atoms. The molecule has 3 rings (SSSR count). The molecule has 136 valence electrons. The molecule has 3 aromatic carbocycles. The van der Waals surface area contributed by atoms with Crippen molar-refractivity contribution in [3.05, 3.63) is 83.4 Å². The van der Waals surface area contributed by atoms with Crippen molar-refractivity contribution in [2.75, 3.05) is 6.50 Å². The average Bonchev–Trinajstić information content (AvgIpc) is 2.66. The van der Waals surface area contributed by atoms with E-state index in [1.54, 1.807) is 24.3 Å². The van der Waals surface area contributed by atoms with Gasteiger partial charge in [0.2, 0.25) is 0 Å². The Morgan fingerprint density at radius 3 is 2.58 bits per heavy atom. The molecule has 0 aromatic heterocycles. The van der Waals surface area contributed by atoms with E-state index in [2.05, 4.69) is 5.32 Å². The van der Waals surface area contributed by atoms with Gasteiger partial charge in [-0.15, -0.1) is 0 Å². The summed E-state index contributed by atoms with van der Waals surface area (Å²) in [5.41, 5.74) is -0.443. The summed E-state index contributed by atoms with van der Waals surface area (Å²) in [6.07, 6.45) is -7.76. The van der Waals surface area contributed by atoms with E-state index >= 15 is 0 Å². The molecule has 0 fully saturated rings. The highest BCUT2D eigenvalue weighted by molar-refractivity contribution is 5.86. The van der Waals surface area contributed by atoms with Crippen LogP contribution >= 0.6 is 0 Å². The number of halogens is 3. The highest BCUT2D eigenvalue weighted by Crippen LogP contribution is 2.29. The maximum absolute atomic E-state index is 13.0. The number of benzene rings is 3. The lowest BCUT2D eigenvalue weighted by molar-refractivity contribution is -0.137. The molecule has 1 N–H and O–H groups in total. The summed E-state index contributed by atoms with van der Waals surface area (Å²) < 4.78 is 80.8. The highest BCUT2D eigenvalue weighted by Gasteiger charge is 2.30. The molecule has 0 aliphatic heterocycles. The van der Waals surface area contributed by atoms with Crippen molar-refractivity contribution in [2.45, 2.75) is 31.9 Å². The lowest BCUT2D eigenvalue weighted by Crippen LogP contribution is -2.20. The fourth-order valence-corrected chi connectivity index (χ4v) is 2.76. The predicted molar refractivity (Wildman–Crippen MR) is 100 cm³/mol. The van der Waals surface area contributed by atoms with Crippen molar-refractivity contribution < 1.29 is 20.0 Å². The van der Waals surface area contributed by atoms with Gasteiger partial charge in [0, 0.05) is 11.5 Å². The predicted octanol–water partition coefficient (Wildman–Crippen LogP) is 6.14. The van der Waals surface area contributed by atoms with Crippen LogP contribution in [-0.2, 0) is 12.6 Å². The van der Waals surface area contributed by atoms with Crippen LogP contribution in [0.1, 0.15) is 42.9 Å². The van der Waals surface area contributed by atoms with Crippen LogP contribution in [0.25, 0.3) is 10.8 Å². The Morgan fingerprint density at radius 1 is 1.04 bits per heavy atom. The van der Waals surface area contributed by atoms with E-state index in [0.717, 1.165) is 22.9 Å².